The van der Waals surface area contributed by atoms with Crippen LogP contribution in [0.5, 0.6) is 0 Å². The van der Waals surface area contributed by atoms with Crippen LogP contribution in [0.3, 0.4) is 0 Å². The molecular weight excluding hydrogens is 178 g/mol. The van der Waals surface area contributed by atoms with E-state index >= 15 is 0 Å². The van der Waals surface area contributed by atoms with E-state index in [2.05, 4.69) is 4.99 Å². The Labute approximate surface area is 74.3 Å². The molecule has 3 nitrogen and oxygen atoms in total. The number of alkyl halides is 2. The maximum absolute atomic E-state index is 12.6. The zero-order valence-corrected chi connectivity index (χ0v) is 7.08. The van der Waals surface area contributed by atoms with Crippen molar-refractivity contribution < 1.29 is 13.6 Å². The second-order valence-corrected chi connectivity index (χ2v) is 3.13. The van der Waals surface area contributed by atoms with E-state index < -0.39 is 23.8 Å². The third-order valence-electron chi connectivity index (χ3n) is 2.11. The molecule has 1 rings (SSSR count). The zero-order chi connectivity index (χ0) is 10.1. The van der Waals surface area contributed by atoms with Crippen molar-refractivity contribution in [1.82, 2.24) is 0 Å². The molecule has 72 valence electrons. The highest BCUT2D eigenvalue weighted by atomic mass is 19.3. The lowest BCUT2D eigenvalue weighted by atomic mass is 9.81. The molecule has 0 saturated carbocycles. The van der Waals surface area contributed by atoms with E-state index in [-0.39, 0.29) is 0 Å². The van der Waals surface area contributed by atoms with Crippen LogP contribution in [0.25, 0.3) is 0 Å². The van der Waals surface area contributed by atoms with E-state index in [1.807, 2.05) is 0 Å². The first-order valence-corrected chi connectivity index (χ1v) is 3.77. The molecule has 5 heteroatoms. The van der Waals surface area contributed by atoms with Crippen molar-refractivity contribution in [2.24, 2.45) is 16.1 Å². The second-order valence-electron chi connectivity index (χ2n) is 3.13. The Kier molecular flexibility index (Phi) is 2.45. The quantitative estimate of drug-likeness (QED) is 0.683. The van der Waals surface area contributed by atoms with Gasteiger partial charge in [0.15, 0.2) is 0 Å². The van der Waals surface area contributed by atoms with Crippen molar-refractivity contribution in [2.45, 2.75) is 19.4 Å². The SMILES string of the molecule is CC1(C(F)F)C=CC=NC1C(N)=O. The molecule has 0 aliphatic carbocycles. The summed E-state index contributed by atoms with van der Waals surface area (Å²) in [5.74, 6) is -0.830. The molecule has 2 atom stereocenters. The van der Waals surface area contributed by atoms with E-state index in [9.17, 15) is 13.6 Å². The molecule has 0 radical (unpaired) electrons. The number of nitrogens with two attached hydrogens (primary N) is 1. The average molecular weight is 188 g/mol. The summed E-state index contributed by atoms with van der Waals surface area (Å²) < 4.78 is 25.2. The van der Waals surface area contributed by atoms with Crippen LogP contribution in [-0.4, -0.2) is 24.6 Å². The van der Waals surface area contributed by atoms with Crippen LogP contribution < -0.4 is 5.73 Å². The molecule has 0 aromatic rings. The normalized spacial score (nSPS) is 32.5. The summed E-state index contributed by atoms with van der Waals surface area (Å²) in [4.78, 5) is 14.5. The van der Waals surface area contributed by atoms with Gasteiger partial charge in [0, 0.05) is 6.21 Å². The fraction of sp³-hybridized carbons (Fsp3) is 0.500. The number of carbonyl (C=O) groups excluding carboxylic acids is 1. The third kappa shape index (κ3) is 1.59. The molecule has 0 bridgehead atoms. The Morgan fingerprint density at radius 3 is 2.69 bits per heavy atom. The van der Waals surface area contributed by atoms with Gasteiger partial charge in [-0.3, -0.25) is 9.79 Å². The molecule has 0 spiro atoms. The Morgan fingerprint density at radius 1 is 1.69 bits per heavy atom. The second kappa shape index (κ2) is 3.24. The Bertz CT molecular complexity index is 275. The lowest BCUT2D eigenvalue weighted by molar-refractivity contribution is -0.123. The smallest absolute Gasteiger partial charge is 0.249 e. The largest absolute Gasteiger partial charge is 0.368 e. The summed E-state index contributed by atoms with van der Waals surface area (Å²) in [5.41, 5.74) is 3.39. The molecule has 0 aromatic heterocycles. The van der Waals surface area contributed by atoms with E-state index in [0.717, 1.165) is 0 Å². The number of nitrogens with zero attached hydrogens (tertiary/aromatic N) is 1. The van der Waals surface area contributed by atoms with E-state index in [0.29, 0.717) is 0 Å². The highest BCUT2D eigenvalue weighted by molar-refractivity contribution is 5.86. The van der Waals surface area contributed by atoms with Crippen molar-refractivity contribution in [2.75, 3.05) is 0 Å². The summed E-state index contributed by atoms with van der Waals surface area (Å²) >= 11 is 0. The van der Waals surface area contributed by atoms with Gasteiger partial charge in [-0.1, -0.05) is 6.08 Å². The number of primary amides is 1. The van der Waals surface area contributed by atoms with Crippen molar-refractivity contribution >= 4 is 12.1 Å². The topological polar surface area (TPSA) is 55.4 Å². The number of halogens is 2. The lowest BCUT2D eigenvalue weighted by Gasteiger charge is -2.31. The summed E-state index contributed by atoms with van der Waals surface area (Å²) in [6.07, 6.45) is 1.31. The van der Waals surface area contributed by atoms with Crippen molar-refractivity contribution in [3.05, 3.63) is 12.2 Å². The van der Waals surface area contributed by atoms with Gasteiger partial charge in [0.1, 0.15) is 6.04 Å². The van der Waals surface area contributed by atoms with Gasteiger partial charge in [-0.05, 0) is 13.0 Å². The Morgan fingerprint density at radius 2 is 2.31 bits per heavy atom. The van der Waals surface area contributed by atoms with Gasteiger partial charge < -0.3 is 5.73 Å². The zero-order valence-electron chi connectivity index (χ0n) is 7.08. The standard InChI is InChI=1S/C8H10F2N2O/c1-8(7(9)10)3-2-4-12-5(8)6(11)13/h2-5,7H,1H3,(H2,11,13). The summed E-state index contributed by atoms with van der Waals surface area (Å²) in [7, 11) is 0. The van der Waals surface area contributed by atoms with E-state index in [4.69, 9.17) is 5.73 Å². The molecule has 2 unspecified atom stereocenters. The highest BCUT2D eigenvalue weighted by Crippen LogP contribution is 2.34. The number of hydrogen-bond donors (Lipinski definition) is 1. The Balaban J connectivity index is 3.00. The third-order valence-corrected chi connectivity index (χ3v) is 2.11. The van der Waals surface area contributed by atoms with Gasteiger partial charge in [0.25, 0.3) is 0 Å². The lowest BCUT2D eigenvalue weighted by Crippen LogP contribution is -2.45. The van der Waals surface area contributed by atoms with Gasteiger partial charge in [-0.25, -0.2) is 8.78 Å². The van der Waals surface area contributed by atoms with Gasteiger partial charge in [-0.15, -0.1) is 0 Å². The molecular formula is C8H10F2N2O. The summed E-state index contributed by atoms with van der Waals surface area (Å²) in [5, 5.41) is 0. The van der Waals surface area contributed by atoms with Crippen LogP contribution in [0.15, 0.2) is 17.1 Å². The minimum absolute atomic E-state index is 0.830. The molecule has 1 aliphatic heterocycles. The molecule has 0 fully saturated rings. The van der Waals surface area contributed by atoms with Crippen LogP contribution in [0.1, 0.15) is 6.92 Å². The summed E-state index contributed by atoms with van der Waals surface area (Å²) in [6, 6.07) is -1.17. The van der Waals surface area contributed by atoms with E-state index in [1.165, 1.54) is 25.3 Å². The predicted octanol–water partition coefficient (Wildman–Crippen LogP) is 0.752. The van der Waals surface area contributed by atoms with Gasteiger partial charge >= 0.3 is 0 Å². The number of dihydropyridines is 1. The van der Waals surface area contributed by atoms with Crippen molar-refractivity contribution in [3.63, 3.8) is 0 Å². The number of rotatable bonds is 2. The summed E-state index contributed by atoms with van der Waals surface area (Å²) in [6.45, 7) is 1.26. The number of aliphatic imine (C=N–C) groups is 1. The van der Waals surface area contributed by atoms with Crippen molar-refractivity contribution in [1.29, 1.82) is 0 Å². The molecule has 1 aliphatic rings. The molecule has 1 amide bonds. The minimum Gasteiger partial charge on any atom is -0.368 e. The molecule has 2 N–H and O–H groups in total. The van der Waals surface area contributed by atoms with Crippen LogP contribution >= 0.6 is 0 Å². The number of hydrogen-bond acceptors (Lipinski definition) is 2. The number of carbonyl (C=O) groups is 1. The van der Waals surface area contributed by atoms with Crippen LogP contribution in [0.4, 0.5) is 8.78 Å². The van der Waals surface area contributed by atoms with Crippen molar-refractivity contribution in [3.8, 4) is 0 Å². The molecule has 0 saturated heterocycles. The minimum atomic E-state index is -2.65. The van der Waals surface area contributed by atoms with Crippen LogP contribution in [0, 0.1) is 5.41 Å². The van der Waals surface area contributed by atoms with Gasteiger partial charge in [-0.2, -0.15) is 0 Å². The number of amides is 1. The highest BCUT2D eigenvalue weighted by Gasteiger charge is 2.44. The Hall–Kier alpha value is -1.26. The van der Waals surface area contributed by atoms with E-state index in [1.54, 1.807) is 0 Å². The number of allylic oxidation sites excluding steroid dienone is 1. The average Bonchev–Trinajstić information content (AvgIpc) is 2.04. The first-order chi connectivity index (χ1) is 5.98. The first-order valence-electron chi connectivity index (χ1n) is 3.77. The molecule has 1 heterocycles. The fourth-order valence-corrected chi connectivity index (χ4v) is 1.21. The first kappa shape index (κ1) is 9.83. The monoisotopic (exact) mass is 188 g/mol. The van der Waals surface area contributed by atoms with Crippen LogP contribution in [-0.2, 0) is 4.79 Å². The molecule has 13 heavy (non-hydrogen) atoms. The molecule has 0 aromatic carbocycles. The maximum atomic E-state index is 12.6. The maximum Gasteiger partial charge on any atom is 0.249 e. The fourth-order valence-electron chi connectivity index (χ4n) is 1.21. The van der Waals surface area contributed by atoms with Crippen LogP contribution in [0.2, 0.25) is 0 Å². The van der Waals surface area contributed by atoms with Gasteiger partial charge in [0.2, 0.25) is 12.3 Å². The van der Waals surface area contributed by atoms with Gasteiger partial charge in [0.05, 0.1) is 5.41 Å². The predicted molar refractivity (Wildman–Crippen MR) is 44.7 cm³/mol.